The molecule has 2 heterocycles. The van der Waals surface area contributed by atoms with E-state index in [9.17, 15) is 5.11 Å². The molecule has 0 amide bonds. The minimum atomic E-state index is -0.0623. The quantitative estimate of drug-likeness (QED) is 0.657. The maximum atomic E-state index is 9.45. The van der Waals surface area contributed by atoms with E-state index in [1.807, 2.05) is 36.7 Å². The van der Waals surface area contributed by atoms with Gasteiger partial charge >= 0.3 is 0 Å². The van der Waals surface area contributed by atoms with Crippen LogP contribution in [0.5, 0.6) is 0 Å². The van der Waals surface area contributed by atoms with Crippen molar-refractivity contribution in [2.45, 2.75) is 23.1 Å². The number of benzene rings is 1. The van der Waals surface area contributed by atoms with Crippen LogP contribution >= 0.6 is 23.4 Å². The molecule has 0 bridgehead atoms. The van der Waals surface area contributed by atoms with Crippen molar-refractivity contribution >= 4 is 23.4 Å². The third kappa shape index (κ3) is 3.43. The summed E-state index contributed by atoms with van der Waals surface area (Å²) >= 11 is 7.93. The van der Waals surface area contributed by atoms with Crippen LogP contribution < -0.4 is 5.73 Å². The number of rotatable bonds is 5. The Labute approximate surface area is 143 Å². The van der Waals surface area contributed by atoms with E-state index < -0.39 is 0 Å². The molecule has 6 heteroatoms. The summed E-state index contributed by atoms with van der Waals surface area (Å²) in [5.74, 6) is 0. The number of hydrogen-bond acceptors (Lipinski definition) is 4. The van der Waals surface area contributed by atoms with E-state index >= 15 is 0 Å². The van der Waals surface area contributed by atoms with Gasteiger partial charge in [-0.05, 0) is 41.0 Å². The number of hydrogen-bond donors (Lipinski definition) is 3. The molecule has 3 rings (SSSR count). The second-order valence-electron chi connectivity index (χ2n) is 4.98. The van der Waals surface area contributed by atoms with Crippen molar-refractivity contribution in [2.75, 3.05) is 0 Å². The highest BCUT2D eigenvalue weighted by Crippen LogP contribution is 2.39. The van der Waals surface area contributed by atoms with E-state index in [1.54, 1.807) is 12.3 Å². The van der Waals surface area contributed by atoms with E-state index in [-0.39, 0.29) is 6.61 Å². The highest BCUT2D eigenvalue weighted by Gasteiger charge is 2.14. The molecule has 2 aromatic heterocycles. The van der Waals surface area contributed by atoms with Crippen LogP contribution in [0.25, 0.3) is 11.1 Å². The van der Waals surface area contributed by atoms with Crippen LogP contribution in [0.2, 0.25) is 5.02 Å². The first kappa shape index (κ1) is 16.1. The van der Waals surface area contributed by atoms with Gasteiger partial charge in [0.15, 0.2) is 0 Å². The SMILES string of the molecule is NCc1cc(-c2cc[nH]c2)cc(Cl)c1Sc1ncccc1CO. The van der Waals surface area contributed by atoms with Gasteiger partial charge in [-0.2, -0.15) is 0 Å². The van der Waals surface area contributed by atoms with Gasteiger partial charge in [0.05, 0.1) is 11.6 Å². The largest absolute Gasteiger partial charge is 0.392 e. The molecule has 3 aromatic rings. The van der Waals surface area contributed by atoms with Gasteiger partial charge in [0.1, 0.15) is 5.03 Å². The van der Waals surface area contributed by atoms with E-state index in [4.69, 9.17) is 17.3 Å². The first-order valence-electron chi connectivity index (χ1n) is 7.11. The average molecular weight is 346 g/mol. The summed E-state index contributed by atoms with van der Waals surface area (Å²) in [6.07, 6.45) is 5.49. The van der Waals surface area contributed by atoms with Gasteiger partial charge in [-0.25, -0.2) is 4.98 Å². The van der Waals surface area contributed by atoms with Crippen LogP contribution in [0.3, 0.4) is 0 Å². The smallest absolute Gasteiger partial charge is 0.106 e. The zero-order valence-electron chi connectivity index (χ0n) is 12.3. The number of H-pyrrole nitrogens is 1. The van der Waals surface area contributed by atoms with Gasteiger partial charge in [0, 0.05) is 35.6 Å². The summed E-state index contributed by atoms with van der Waals surface area (Å²) in [6, 6.07) is 9.60. The zero-order valence-corrected chi connectivity index (χ0v) is 13.9. The number of aromatic nitrogens is 2. The fourth-order valence-corrected chi connectivity index (χ4v) is 3.67. The molecule has 1 aromatic carbocycles. The third-order valence-corrected chi connectivity index (χ3v) is 5.15. The number of nitrogens with zero attached hydrogens (tertiary/aromatic N) is 1. The Balaban J connectivity index is 2.02. The molecule has 0 unspecified atom stereocenters. The van der Waals surface area contributed by atoms with Crippen LogP contribution in [0, 0.1) is 0 Å². The fourth-order valence-electron chi connectivity index (χ4n) is 2.32. The van der Waals surface area contributed by atoms with Gasteiger partial charge in [-0.15, -0.1) is 0 Å². The number of aliphatic hydroxyl groups excluding tert-OH is 1. The molecule has 0 atom stereocenters. The van der Waals surface area contributed by atoms with Crippen molar-refractivity contribution in [3.63, 3.8) is 0 Å². The number of aromatic amines is 1. The van der Waals surface area contributed by atoms with Crippen LogP contribution in [0.15, 0.2) is 58.8 Å². The molecule has 0 spiro atoms. The predicted molar refractivity (Wildman–Crippen MR) is 93.4 cm³/mol. The summed E-state index contributed by atoms with van der Waals surface area (Å²) in [7, 11) is 0. The first-order chi connectivity index (χ1) is 11.2. The Morgan fingerprint density at radius 1 is 1.22 bits per heavy atom. The van der Waals surface area contributed by atoms with E-state index in [1.165, 1.54) is 11.8 Å². The normalized spacial score (nSPS) is 10.9. The molecular formula is C17H16ClN3OS. The molecule has 0 aliphatic rings. The average Bonchev–Trinajstić information content (AvgIpc) is 3.11. The lowest BCUT2D eigenvalue weighted by Gasteiger charge is -2.13. The second kappa shape index (κ2) is 7.19. The number of halogens is 1. The Kier molecular flexibility index (Phi) is 5.03. The topological polar surface area (TPSA) is 74.9 Å². The number of nitrogens with two attached hydrogens (primary N) is 1. The molecule has 0 aliphatic heterocycles. The van der Waals surface area contributed by atoms with Crippen molar-refractivity contribution in [1.82, 2.24) is 9.97 Å². The molecule has 0 aliphatic carbocycles. The lowest BCUT2D eigenvalue weighted by molar-refractivity contribution is 0.278. The monoisotopic (exact) mass is 345 g/mol. The molecule has 4 nitrogen and oxygen atoms in total. The van der Waals surface area contributed by atoms with E-state index in [0.29, 0.717) is 11.6 Å². The third-order valence-electron chi connectivity index (χ3n) is 3.49. The number of pyridine rings is 1. The molecule has 23 heavy (non-hydrogen) atoms. The van der Waals surface area contributed by atoms with Crippen molar-refractivity contribution in [3.05, 3.63) is 65.1 Å². The van der Waals surface area contributed by atoms with Crippen LogP contribution in [0.1, 0.15) is 11.1 Å². The molecule has 4 N–H and O–H groups in total. The van der Waals surface area contributed by atoms with Gasteiger partial charge < -0.3 is 15.8 Å². The summed E-state index contributed by atoms with van der Waals surface area (Å²) in [4.78, 5) is 8.25. The molecule has 118 valence electrons. The Morgan fingerprint density at radius 3 is 2.78 bits per heavy atom. The van der Waals surface area contributed by atoms with Gasteiger partial charge in [0.2, 0.25) is 0 Å². The Bertz CT molecular complexity index is 806. The van der Waals surface area contributed by atoms with Crippen LogP contribution in [0.4, 0.5) is 0 Å². The standard InChI is InChI=1S/C17H16ClN3OS/c18-15-7-13(11-3-5-20-9-11)6-14(8-19)16(15)23-17-12(10-22)2-1-4-21-17/h1-7,9,20,22H,8,10,19H2. The first-order valence-corrected chi connectivity index (χ1v) is 8.30. The summed E-state index contributed by atoms with van der Waals surface area (Å²) < 4.78 is 0. The molecule has 0 radical (unpaired) electrons. The maximum Gasteiger partial charge on any atom is 0.106 e. The lowest BCUT2D eigenvalue weighted by atomic mass is 10.1. The van der Waals surface area contributed by atoms with Crippen molar-refractivity contribution in [3.8, 4) is 11.1 Å². The predicted octanol–water partition coefficient (Wildman–Crippen LogP) is 3.83. The van der Waals surface area contributed by atoms with Gasteiger partial charge in [-0.1, -0.05) is 29.4 Å². The molecule has 0 fully saturated rings. The highest BCUT2D eigenvalue weighted by molar-refractivity contribution is 7.99. The minimum absolute atomic E-state index is 0.0623. The van der Waals surface area contributed by atoms with Crippen molar-refractivity contribution in [1.29, 1.82) is 0 Å². The fraction of sp³-hybridized carbons (Fsp3) is 0.118. The Hall–Kier alpha value is -1.79. The van der Waals surface area contributed by atoms with E-state index in [0.717, 1.165) is 32.2 Å². The summed E-state index contributed by atoms with van der Waals surface area (Å²) in [5.41, 5.74) is 9.72. The second-order valence-corrected chi connectivity index (χ2v) is 6.38. The molecule has 0 saturated carbocycles. The summed E-state index contributed by atoms with van der Waals surface area (Å²) in [5, 5.41) is 10.8. The zero-order chi connectivity index (χ0) is 16.2. The minimum Gasteiger partial charge on any atom is -0.392 e. The Morgan fingerprint density at radius 2 is 2.09 bits per heavy atom. The molecular weight excluding hydrogens is 330 g/mol. The van der Waals surface area contributed by atoms with Crippen molar-refractivity contribution < 1.29 is 5.11 Å². The maximum absolute atomic E-state index is 9.45. The van der Waals surface area contributed by atoms with Crippen LogP contribution in [-0.4, -0.2) is 15.1 Å². The van der Waals surface area contributed by atoms with Gasteiger partial charge in [-0.3, -0.25) is 0 Å². The van der Waals surface area contributed by atoms with Crippen LogP contribution in [-0.2, 0) is 13.2 Å². The lowest BCUT2D eigenvalue weighted by Crippen LogP contribution is -2.00. The summed E-state index contributed by atoms with van der Waals surface area (Å²) in [6.45, 7) is 0.314. The molecule has 0 saturated heterocycles. The highest BCUT2D eigenvalue weighted by atomic mass is 35.5. The van der Waals surface area contributed by atoms with E-state index in [2.05, 4.69) is 9.97 Å². The number of nitrogens with one attached hydrogen (secondary N) is 1. The number of aliphatic hydroxyl groups is 1. The van der Waals surface area contributed by atoms with Crippen molar-refractivity contribution in [2.24, 2.45) is 5.73 Å². The van der Waals surface area contributed by atoms with Gasteiger partial charge in [0.25, 0.3) is 0 Å².